The van der Waals surface area contributed by atoms with Crippen molar-refractivity contribution in [2.45, 2.75) is 31.6 Å². The first-order valence-corrected chi connectivity index (χ1v) is 10.9. The number of rotatable bonds is 6. The normalized spacial score (nSPS) is 15.3. The first-order chi connectivity index (χ1) is 15.5. The van der Waals surface area contributed by atoms with Gasteiger partial charge in [0.15, 0.2) is 11.5 Å². The molecule has 32 heavy (non-hydrogen) atoms. The largest absolute Gasteiger partial charge is 0.454 e. The van der Waals surface area contributed by atoms with E-state index in [9.17, 15) is 9.59 Å². The lowest BCUT2D eigenvalue weighted by Gasteiger charge is -2.16. The molecule has 0 aromatic heterocycles. The SMILES string of the molecule is CNC(=O)c1cccc(-c2ccc(CC(=O)C3(c4ccc5c(c4)OCO5)CC3)cc2C)c1. The molecule has 5 heteroatoms. The molecule has 1 fully saturated rings. The summed E-state index contributed by atoms with van der Waals surface area (Å²) in [5.41, 5.74) is 5.37. The Kier molecular flexibility index (Phi) is 4.97. The van der Waals surface area contributed by atoms with Crippen LogP contribution in [0.5, 0.6) is 11.5 Å². The highest BCUT2D eigenvalue weighted by Gasteiger charge is 2.50. The second-order valence-electron chi connectivity index (χ2n) is 8.56. The predicted molar refractivity (Wildman–Crippen MR) is 122 cm³/mol. The average molecular weight is 428 g/mol. The summed E-state index contributed by atoms with van der Waals surface area (Å²) in [6.45, 7) is 2.28. The lowest BCUT2D eigenvalue weighted by Crippen LogP contribution is -2.22. The van der Waals surface area contributed by atoms with Crippen molar-refractivity contribution < 1.29 is 19.1 Å². The number of hydrogen-bond donors (Lipinski definition) is 1. The van der Waals surface area contributed by atoms with E-state index < -0.39 is 5.41 Å². The Morgan fingerprint density at radius 1 is 0.969 bits per heavy atom. The number of benzene rings is 3. The van der Waals surface area contributed by atoms with Crippen molar-refractivity contribution in [1.82, 2.24) is 5.32 Å². The van der Waals surface area contributed by atoms with E-state index in [0.717, 1.165) is 52.2 Å². The number of amides is 1. The molecule has 1 aliphatic heterocycles. The maximum atomic E-state index is 13.3. The van der Waals surface area contributed by atoms with Crippen molar-refractivity contribution in [2.75, 3.05) is 13.8 Å². The van der Waals surface area contributed by atoms with Crippen LogP contribution < -0.4 is 14.8 Å². The highest BCUT2D eigenvalue weighted by molar-refractivity contribution is 5.96. The van der Waals surface area contributed by atoms with E-state index in [2.05, 4.69) is 11.4 Å². The summed E-state index contributed by atoms with van der Waals surface area (Å²) in [5.74, 6) is 1.60. The fourth-order valence-electron chi connectivity index (χ4n) is 4.53. The van der Waals surface area contributed by atoms with Gasteiger partial charge in [0, 0.05) is 19.0 Å². The van der Waals surface area contributed by atoms with Crippen molar-refractivity contribution >= 4 is 11.7 Å². The van der Waals surface area contributed by atoms with Crippen LogP contribution >= 0.6 is 0 Å². The molecule has 0 spiro atoms. The fourth-order valence-corrected chi connectivity index (χ4v) is 4.53. The molecule has 0 unspecified atom stereocenters. The Morgan fingerprint density at radius 3 is 2.53 bits per heavy atom. The number of fused-ring (bicyclic) bond motifs is 1. The van der Waals surface area contributed by atoms with Crippen LogP contribution in [0.1, 0.15) is 39.9 Å². The van der Waals surface area contributed by atoms with Gasteiger partial charge in [-0.2, -0.15) is 0 Å². The van der Waals surface area contributed by atoms with E-state index in [4.69, 9.17) is 9.47 Å². The minimum absolute atomic E-state index is 0.107. The zero-order chi connectivity index (χ0) is 22.3. The Bertz CT molecular complexity index is 1230. The van der Waals surface area contributed by atoms with Gasteiger partial charge in [-0.15, -0.1) is 0 Å². The van der Waals surface area contributed by atoms with Crippen LogP contribution in [-0.4, -0.2) is 25.5 Å². The second-order valence-corrected chi connectivity index (χ2v) is 8.56. The topological polar surface area (TPSA) is 64.6 Å². The highest BCUT2D eigenvalue weighted by Crippen LogP contribution is 2.51. The van der Waals surface area contributed by atoms with Gasteiger partial charge >= 0.3 is 0 Å². The van der Waals surface area contributed by atoms with Crippen LogP contribution in [0.2, 0.25) is 0 Å². The molecule has 2 aliphatic rings. The molecule has 0 atom stereocenters. The van der Waals surface area contributed by atoms with Gasteiger partial charge in [0.25, 0.3) is 5.91 Å². The van der Waals surface area contributed by atoms with Crippen molar-refractivity contribution in [3.05, 3.63) is 82.9 Å². The molecular formula is C27H25NO4. The van der Waals surface area contributed by atoms with Crippen LogP contribution in [0.4, 0.5) is 0 Å². The predicted octanol–water partition coefficient (Wildman–Crippen LogP) is 4.59. The van der Waals surface area contributed by atoms with E-state index in [1.807, 2.05) is 55.5 Å². The van der Waals surface area contributed by atoms with Crippen molar-refractivity contribution in [1.29, 1.82) is 0 Å². The summed E-state index contributed by atoms with van der Waals surface area (Å²) < 4.78 is 10.9. The quantitative estimate of drug-likeness (QED) is 0.625. The summed E-state index contributed by atoms with van der Waals surface area (Å²) in [4.78, 5) is 25.3. The van der Waals surface area contributed by atoms with Gasteiger partial charge in [0.2, 0.25) is 6.79 Å². The van der Waals surface area contributed by atoms with Gasteiger partial charge in [-0.05, 0) is 71.8 Å². The highest BCUT2D eigenvalue weighted by atomic mass is 16.7. The van der Waals surface area contributed by atoms with Crippen LogP contribution in [-0.2, 0) is 16.6 Å². The number of carbonyl (C=O) groups excluding carboxylic acids is 2. The molecule has 1 saturated carbocycles. The van der Waals surface area contributed by atoms with Gasteiger partial charge in [-0.3, -0.25) is 9.59 Å². The van der Waals surface area contributed by atoms with Gasteiger partial charge in [0.1, 0.15) is 5.78 Å². The molecule has 3 aromatic rings. The van der Waals surface area contributed by atoms with E-state index in [1.165, 1.54) is 0 Å². The summed E-state index contributed by atoms with van der Waals surface area (Å²) in [6.07, 6.45) is 2.14. The molecular weight excluding hydrogens is 402 g/mol. The molecule has 3 aromatic carbocycles. The van der Waals surface area contributed by atoms with Gasteiger partial charge < -0.3 is 14.8 Å². The van der Waals surface area contributed by atoms with Crippen molar-refractivity contribution in [3.8, 4) is 22.6 Å². The third kappa shape index (κ3) is 3.54. The molecule has 0 saturated heterocycles. The summed E-state index contributed by atoms with van der Waals surface area (Å²) in [5, 5.41) is 2.66. The van der Waals surface area contributed by atoms with E-state index in [0.29, 0.717) is 12.0 Å². The molecule has 1 heterocycles. The fraction of sp³-hybridized carbons (Fsp3) is 0.259. The number of carbonyl (C=O) groups is 2. The molecule has 1 aliphatic carbocycles. The first kappa shape index (κ1) is 20.3. The minimum atomic E-state index is -0.407. The Hall–Kier alpha value is -3.60. The lowest BCUT2D eigenvalue weighted by molar-refractivity contribution is -0.120. The Labute approximate surface area is 187 Å². The molecule has 0 bridgehead atoms. The number of ether oxygens (including phenoxy) is 2. The monoisotopic (exact) mass is 427 g/mol. The lowest BCUT2D eigenvalue weighted by atomic mass is 9.87. The summed E-state index contributed by atoms with van der Waals surface area (Å²) in [6, 6.07) is 19.6. The van der Waals surface area contributed by atoms with Crippen molar-refractivity contribution in [2.24, 2.45) is 0 Å². The van der Waals surface area contributed by atoms with E-state index in [-0.39, 0.29) is 18.5 Å². The van der Waals surface area contributed by atoms with E-state index >= 15 is 0 Å². The number of aryl methyl sites for hydroxylation is 1. The minimum Gasteiger partial charge on any atom is -0.454 e. The van der Waals surface area contributed by atoms with Crippen molar-refractivity contribution in [3.63, 3.8) is 0 Å². The maximum absolute atomic E-state index is 13.3. The van der Waals surface area contributed by atoms with E-state index in [1.54, 1.807) is 13.1 Å². The number of hydrogen-bond acceptors (Lipinski definition) is 4. The zero-order valence-electron chi connectivity index (χ0n) is 18.2. The van der Waals surface area contributed by atoms with Gasteiger partial charge in [0.05, 0.1) is 5.41 Å². The third-order valence-electron chi connectivity index (χ3n) is 6.53. The standard InChI is InChI=1S/C27H25NO4/c1-17-12-18(6-8-22(17)19-4-3-5-20(14-19)26(30)28-2)13-25(29)27(10-11-27)21-7-9-23-24(15-21)32-16-31-23/h3-9,12,14-15H,10-11,13,16H2,1-2H3,(H,28,30). The van der Waals surface area contributed by atoms with Crippen LogP contribution in [0, 0.1) is 6.92 Å². The molecule has 162 valence electrons. The number of Topliss-reactive ketones (excluding diaryl/α,β-unsaturated/α-hetero) is 1. The smallest absolute Gasteiger partial charge is 0.251 e. The summed E-state index contributed by atoms with van der Waals surface area (Å²) >= 11 is 0. The zero-order valence-corrected chi connectivity index (χ0v) is 18.2. The molecule has 5 nitrogen and oxygen atoms in total. The third-order valence-corrected chi connectivity index (χ3v) is 6.53. The molecule has 1 N–H and O–H groups in total. The Balaban J connectivity index is 1.36. The second kappa shape index (κ2) is 7.83. The number of ketones is 1. The number of nitrogens with one attached hydrogen (secondary N) is 1. The Morgan fingerprint density at radius 2 is 1.78 bits per heavy atom. The van der Waals surface area contributed by atoms with Gasteiger partial charge in [-0.1, -0.05) is 36.4 Å². The molecule has 1 amide bonds. The maximum Gasteiger partial charge on any atom is 0.251 e. The molecule has 0 radical (unpaired) electrons. The average Bonchev–Trinajstić information content (AvgIpc) is 3.49. The van der Waals surface area contributed by atoms with Crippen LogP contribution in [0.25, 0.3) is 11.1 Å². The first-order valence-electron chi connectivity index (χ1n) is 10.9. The van der Waals surface area contributed by atoms with Crippen LogP contribution in [0.15, 0.2) is 60.7 Å². The summed E-state index contributed by atoms with van der Waals surface area (Å²) in [7, 11) is 1.63. The molecule has 5 rings (SSSR count). The van der Waals surface area contributed by atoms with Gasteiger partial charge in [-0.25, -0.2) is 0 Å². The van der Waals surface area contributed by atoms with Crippen LogP contribution in [0.3, 0.4) is 0 Å².